The van der Waals surface area contributed by atoms with Crippen LogP contribution in [0.25, 0.3) is 5.52 Å². The SMILES string of the molecule is Cc1cccc2cnc(C(C)(C)C)n12. The highest BCUT2D eigenvalue weighted by atomic mass is 15.0. The highest BCUT2D eigenvalue weighted by Crippen LogP contribution is 2.23. The number of hydrogen-bond donors (Lipinski definition) is 0. The van der Waals surface area contributed by atoms with Gasteiger partial charge in [0, 0.05) is 11.1 Å². The molecule has 2 nitrogen and oxygen atoms in total. The summed E-state index contributed by atoms with van der Waals surface area (Å²) in [6, 6.07) is 6.28. The van der Waals surface area contributed by atoms with Crippen LogP contribution in [0, 0.1) is 6.92 Å². The summed E-state index contributed by atoms with van der Waals surface area (Å²) in [5.41, 5.74) is 2.51. The first-order chi connectivity index (χ1) is 6.50. The average molecular weight is 188 g/mol. The lowest BCUT2D eigenvalue weighted by Crippen LogP contribution is -2.16. The molecule has 0 spiro atoms. The maximum absolute atomic E-state index is 4.49. The van der Waals surface area contributed by atoms with E-state index in [4.69, 9.17) is 0 Å². The van der Waals surface area contributed by atoms with E-state index < -0.39 is 0 Å². The van der Waals surface area contributed by atoms with Gasteiger partial charge in [-0.1, -0.05) is 26.8 Å². The van der Waals surface area contributed by atoms with E-state index in [-0.39, 0.29) is 5.41 Å². The van der Waals surface area contributed by atoms with Crippen molar-refractivity contribution < 1.29 is 0 Å². The molecule has 14 heavy (non-hydrogen) atoms. The lowest BCUT2D eigenvalue weighted by Gasteiger charge is -2.17. The Morgan fingerprint density at radius 1 is 1.21 bits per heavy atom. The molecule has 0 bridgehead atoms. The first-order valence-electron chi connectivity index (χ1n) is 4.94. The van der Waals surface area contributed by atoms with Crippen LogP contribution in [-0.4, -0.2) is 9.38 Å². The van der Waals surface area contributed by atoms with Crippen molar-refractivity contribution in [3.8, 4) is 0 Å². The summed E-state index contributed by atoms with van der Waals surface area (Å²) >= 11 is 0. The van der Waals surface area contributed by atoms with E-state index >= 15 is 0 Å². The van der Waals surface area contributed by atoms with Crippen molar-refractivity contribution in [2.75, 3.05) is 0 Å². The topological polar surface area (TPSA) is 17.3 Å². The molecule has 74 valence electrons. The Morgan fingerprint density at radius 2 is 1.93 bits per heavy atom. The van der Waals surface area contributed by atoms with Crippen LogP contribution in [0.1, 0.15) is 32.3 Å². The molecule has 0 aliphatic heterocycles. The fourth-order valence-electron chi connectivity index (χ4n) is 1.74. The Bertz CT molecular complexity index is 461. The first-order valence-corrected chi connectivity index (χ1v) is 4.94. The van der Waals surface area contributed by atoms with Crippen LogP contribution in [0.3, 0.4) is 0 Å². The smallest absolute Gasteiger partial charge is 0.118 e. The second-order valence-corrected chi connectivity index (χ2v) is 4.76. The second kappa shape index (κ2) is 2.84. The summed E-state index contributed by atoms with van der Waals surface area (Å²) in [5, 5.41) is 0. The number of nitrogens with zero attached hydrogens (tertiary/aromatic N) is 2. The van der Waals surface area contributed by atoms with E-state index in [2.05, 4.69) is 55.3 Å². The molecular formula is C12H16N2. The summed E-state index contributed by atoms with van der Waals surface area (Å²) in [6.07, 6.45) is 1.94. The van der Waals surface area contributed by atoms with Gasteiger partial charge in [0.15, 0.2) is 0 Å². The Hall–Kier alpha value is -1.31. The molecule has 2 aromatic rings. The number of aryl methyl sites for hydroxylation is 1. The van der Waals surface area contributed by atoms with E-state index in [1.165, 1.54) is 11.2 Å². The zero-order valence-corrected chi connectivity index (χ0v) is 9.20. The monoisotopic (exact) mass is 188 g/mol. The van der Waals surface area contributed by atoms with Crippen LogP contribution in [0.5, 0.6) is 0 Å². The summed E-state index contributed by atoms with van der Waals surface area (Å²) in [4.78, 5) is 4.49. The maximum atomic E-state index is 4.49. The van der Waals surface area contributed by atoms with E-state index in [0.717, 1.165) is 5.82 Å². The van der Waals surface area contributed by atoms with E-state index in [0.29, 0.717) is 0 Å². The van der Waals surface area contributed by atoms with Crippen LogP contribution in [0.2, 0.25) is 0 Å². The summed E-state index contributed by atoms with van der Waals surface area (Å²) < 4.78 is 2.22. The molecule has 0 fully saturated rings. The van der Waals surface area contributed by atoms with Crippen LogP contribution >= 0.6 is 0 Å². The van der Waals surface area contributed by atoms with Crippen molar-refractivity contribution in [3.63, 3.8) is 0 Å². The number of aromatic nitrogens is 2. The molecule has 0 aromatic carbocycles. The standard InChI is InChI=1S/C12H16N2/c1-9-6-5-7-10-8-13-11(14(9)10)12(2,3)4/h5-8H,1-4H3. The van der Waals surface area contributed by atoms with Crippen LogP contribution in [-0.2, 0) is 5.41 Å². The molecule has 0 aliphatic carbocycles. The minimum atomic E-state index is 0.0958. The quantitative estimate of drug-likeness (QED) is 0.621. The number of pyridine rings is 1. The Morgan fingerprint density at radius 3 is 2.57 bits per heavy atom. The van der Waals surface area contributed by atoms with Gasteiger partial charge in [0.25, 0.3) is 0 Å². The Balaban J connectivity index is 2.80. The Kier molecular flexibility index (Phi) is 1.88. The summed E-state index contributed by atoms with van der Waals surface area (Å²) in [6.45, 7) is 8.68. The zero-order chi connectivity index (χ0) is 10.3. The van der Waals surface area contributed by atoms with Gasteiger partial charge in [0.1, 0.15) is 5.82 Å². The molecule has 0 amide bonds. The van der Waals surface area contributed by atoms with Crippen molar-refractivity contribution in [1.29, 1.82) is 0 Å². The molecule has 0 atom stereocenters. The van der Waals surface area contributed by atoms with Crippen molar-refractivity contribution in [2.24, 2.45) is 0 Å². The third-order valence-electron chi connectivity index (χ3n) is 2.42. The molecule has 2 heteroatoms. The molecule has 0 radical (unpaired) electrons. The Labute approximate surface area is 84.6 Å². The lowest BCUT2D eigenvalue weighted by atomic mass is 9.96. The number of fused-ring (bicyclic) bond motifs is 1. The van der Waals surface area contributed by atoms with Gasteiger partial charge >= 0.3 is 0 Å². The molecule has 0 saturated heterocycles. The molecule has 0 aliphatic rings. The van der Waals surface area contributed by atoms with Gasteiger partial charge in [0.2, 0.25) is 0 Å². The third kappa shape index (κ3) is 1.31. The highest BCUT2D eigenvalue weighted by Gasteiger charge is 2.19. The minimum Gasteiger partial charge on any atom is -0.301 e. The molecule has 0 unspecified atom stereocenters. The van der Waals surface area contributed by atoms with Gasteiger partial charge in [-0.3, -0.25) is 0 Å². The van der Waals surface area contributed by atoms with E-state index in [1.807, 2.05) is 6.20 Å². The highest BCUT2D eigenvalue weighted by molar-refractivity contribution is 5.48. The van der Waals surface area contributed by atoms with Gasteiger partial charge < -0.3 is 4.40 Å². The minimum absolute atomic E-state index is 0.0958. The molecule has 0 saturated carbocycles. The van der Waals surface area contributed by atoms with Crippen molar-refractivity contribution >= 4 is 5.52 Å². The molecule has 2 heterocycles. The van der Waals surface area contributed by atoms with Crippen LogP contribution in [0.15, 0.2) is 24.4 Å². The normalized spacial score (nSPS) is 12.3. The fraction of sp³-hybridized carbons (Fsp3) is 0.417. The molecule has 2 rings (SSSR count). The van der Waals surface area contributed by atoms with E-state index in [1.54, 1.807) is 0 Å². The number of rotatable bonds is 0. The molecular weight excluding hydrogens is 172 g/mol. The molecule has 0 N–H and O–H groups in total. The van der Waals surface area contributed by atoms with Gasteiger partial charge in [-0.05, 0) is 19.1 Å². The summed E-state index contributed by atoms with van der Waals surface area (Å²) in [7, 11) is 0. The average Bonchev–Trinajstić information content (AvgIpc) is 2.47. The molecule has 2 aromatic heterocycles. The lowest BCUT2D eigenvalue weighted by molar-refractivity contribution is 0.541. The van der Waals surface area contributed by atoms with Crippen LogP contribution < -0.4 is 0 Å². The summed E-state index contributed by atoms with van der Waals surface area (Å²) in [5.74, 6) is 1.13. The predicted octanol–water partition coefficient (Wildman–Crippen LogP) is 2.94. The third-order valence-corrected chi connectivity index (χ3v) is 2.42. The predicted molar refractivity (Wildman–Crippen MR) is 58.6 cm³/mol. The largest absolute Gasteiger partial charge is 0.301 e. The second-order valence-electron chi connectivity index (χ2n) is 4.76. The van der Waals surface area contributed by atoms with Gasteiger partial charge in [-0.25, -0.2) is 4.98 Å². The van der Waals surface area contributed by atoms with Crippen molar-refractivity contribution in [3.05, 3.63) is 35.9 Å². The van der Waals surface area contributed by atoms with Gasteiger partial charge in [0.05, 0.1) is 11.7 Å². The fourth-order valence-corrected chi connectivity index (χ4v) is 1.74. The number of imidazole rings is 1. The van der Waals surface area contributed by atoms with Gasteiger partial charge in [-0.2, -0.15) is 0 Å². The van der Waals surface area contributed by atoms with Gasteiger partial charge in [-0.15, -0.1) is 0 Å². The maximum Gasteiger partial charge on any atom is 0.118 e. The number of hydrogen-bond acceptors (Lipinski definition) is 1. The zero-order valence-electron chi connectivity index (χ0n) is 9.20. The first kappa shape index (κ1) is 9.25. The van der Waals surface area contributed by atoms with Crippen molar-refractivity contribution in [2.45, 2.75) is 33.1 Å². The van der Waals surface area contributed by atoms with Crippen molar-refractivity contribution in [1.82, 2.24) is 9.38 Å². The van der Waals surface area contributed by atoms with Crippen LogP contribution in [0.4, 0.5) is 0 Å². The van der Waals surface area contributed by atoms with E-state index in [9.17, 15) is 0 Å².